The van der Waals surface area contributed by atoms with Crippen LogP contribution in [0, 0.1) is 0 Å². The maximum absolute atomic E-state index is 11.3. The van der Waals surface area contributed by atoms with Crippen molar-refractivity contribution in [1.29, 1.82) is 0 Å². The largest absolute Gasteiger partial charge is 0.466 e. The van der Waals surface area contributed by atoms with E-state index in [1.165, 1.54) is 7.11 Å². The predicted octanol–water partition coefficient (Wildman–Crippen LogP) is 0.600. The van der Waals surface area contributed by atoms with Crippen molar-refractivity contribution in [2.45, 2.75) is 26.4 Å². The predicted molar refractivity (Wildman–Crippen MR) is 58.0 cm³/mol. The minimum absolute atomic E-state index is 0.0198. The first kappa shape index (κ1) is 15.2. The molecule has 96 valence electrons. The van der Waals surface area contributed by atoms with Crippen LogP contribution in [0.5, 0.6) is 0 Å². The molecule has 0 aromatic heterocycles. The van der Waals surface area contributed by atoms with Gasteiger partial charge in [-0.25, -0.2) is 9.59 Å². The second-order valence-corrected chi connectivity index (χ2v) is 3.47. The van der Waals surface area contributed by atoms with Crippen LogP contribution < -0.4 is 0 Å². The van der Waals surface area contributed by atoms with Crippen molar-refractivity contribution < 1.29 is 28.6 Å². The number of hydrogen-bond donors (Lipinski definition) is 0. The average Bonchev–Trinajstić information content (AvgIpc) is 2.24. The normalized spacial score (nSPS) is 9.65. The van der Waals surface area contributed by atoms with Gasteiger partial charge < -0.3 is 14.2 Å². The van der Waals surface area contributed by atoms with Gasteiger partial charge in [-0.05, 0) is 13.8 Å². The van der Waals surface area contributed by atoms with Crippen molar-refractivity contribution in [3.05, 3.63) is 12.2 Å². The second kappa shape index (κ2) is 7.43. The van der Waals surface area contributed by atoms with Gasteiger partial charge in [0.1, 0.15) is 0 Å². The number of hydrogen-bond acceptors (Lipinski definition) is 6. The molecule has 6 nitrogen and oxygen atoms in total. The molecule has 0 fully saturated rings. The van der Waals surface area contributed by atoms with Gasteiger partial charge in [0.25, 0.3) is 0 Å². The third kappa shape index (κ3) is 7.10. The van der Waals surface area contributed by atoms with Gasteiger partial charge in [0, 0.05) is 5.57 Å². The molecule has 0 saturated heterocycles. The summed E-state index contributed by atoms with van der Waals surface area (Å²) in [5, 5.41) is 0. The quantitative estimate of drug-likeness (QED) is 0.387. The molecule has 0 unspecified atom stereocenters. The minimum atomic E-state index is -0.735. The van der Waals surface area contributed by atoms with E-state index in [9.17, 15) is 14.4 Å². The summed E-state index contributed by atoms with van der Waals surface area (Å²) in [4.78, 5) is 33.1. The Morgan fingerprint density at radius 1 is 1.18 bits per heavy atom. The lowest BCUT2D eigenvalue weighted by Crippen LogP contribution is -2.18. The number of carbonyl (C=O) groups is 3. The molecule has 0 heterocycles. The Hall–Kier alpha value is -1.85. The first-order chi connectivity index (χ1) is 7.86. The van der Waals surface area contributed by atoms with Crippen molar-refractivity contribution in [3.8, 4) is 0 Å². The van der Waals surface area contributed by atoms with Gasteiger partial charge in [-0.3, -0.25) is 4.79 Å². The fraction of sp³-hybridized carbons (Fsp3) is 0.545. The Morgan fingerprint density at radius 3 is 2.24 bits per heavy atom. The van der Waals surface area contributed by atoms with Crippen LogP contribution >= 0.6 is 0 Å². The monoisotopic (exact) mass is 244 g/mol. The molecular weight excluding hydrogens is 228 g/mol. The Morgan fingerprint density at radius 2 is 1.76 bits per heavy atom. The van der Waals surface area contributed by atoms with Crippen LogP contribution in [0.25, 0.3) is 0 Å². The maximum atomic E-state index is 11.3. The maximum Gasteiger partial charge on any atom is 0.344 e. The molecule has 0 atom stereocenters. The van der Waals surface area contributed by atoms with Crippen LogP contribution in [-0.2, 0) is 28.6 Å². The molecule has 0 saturated carbocycles. The summed E-state index contributed by atoms with van der Waals surface area (Å²) >= 11 is 0. The van der Waals surface area contributed by atoms with E-state index in [1.807, 2.05) is 0 Å². The number of carbonyl (C=O) groups excluding carboxylic acids is 3. The van der Waals surface area contributed by atoms with E-state index in [0.717, 1.165) is 0 Å². The molecule has 0 bridgehead atoms. The SMILES string of the molecule is C=C(CC(=O)OCC(=O)OC)C(=O)OC(C)C. The van der Waals surface area contributed by atoms with Gasteiger partial charge in [-0.15, -0.1) is 0 Å². The van der Waals surface area contributed by atoms with Gasteiger partial charge in [0.05, 0.1) is 19.6 Å². The molecule has 0 spiro atoms. The molecule has 0 amide bonds. The second-order valence-electron chi connectivity index (χ2n) is 3.47. The summed E-state index contributed by atoms with van der Waals surface area (Å²) in [6.45, 7) is 6.28. The lowest BCUT2D eigenvalue weighted by atomic mass is 10.2. The Bertz CT molecular complexity index is 318. The molecule has 0 rings (SSSR count). The minimum Gasteiger partial charge on any atom is -0.466 e. The number of methoxy groups -OCH3 is 1. The van der Waals surface area contributed by atoms with Crippen LogP contribution in [0.4, 0.5) is 0 Å². The summed E-state index contributed by atoms with van der Waals surface area (Å²) in [5.74, 6) is -2.06. The lowest BCUT2D eigenvalue weighted by Gasteiger charge is -2.09. The highest BCUT2D eigenvalue weighted by Gasteiger charge is 2.16. The first-order valence-corrected chi connectivity index (χ1v) is 4.98. The van der Waals surface area contributed by atoms with E-state index in [0.29, 0.717) is 0 Å². The van der Waals surface area contributed by atoms with E-state index in [1.54, 1.807) is 13.8 Å². The lowest BCUT2D eigenvalue weighted by molar-refractivity contribution is -0.157. The zero-order chi connectivity index (χ0) is 13.4. The van der Waals surface area contributed by atoms with Gasteiger partial charge in [0.15, 0.2) is 6.61 Å². The fourth-order valence-corrected chi connectivity index (χ4v) is 0.793. The van der Waals surface area contributed by atoms with Crippen LogP contribution in [0.1, 0.15) is 20.3 Å². The summed E-state index contributed by atoms with van der Waals surface area (Å²) in [7, 11) is 1.18. The van der Waals surface area contributed by atoms with E-state index in [2.05, 4.69) is 16.1 Å². The molecular formula is C11H16O6. The Balaban J connectivity index is 4.00. The number of esters is 3. The summed E-state index contributed by atoms with van der Waals surface area (Å²) < 4.78 is 13.6. The van der Waals surface area contributed by atoms with E-state index in [4.69, 9.17) is 4.74 Å². The molecule has 0 radical (unpaired) electrons. The highest BCUT2D eigenvalue weighted by Crippen LogP contribution is 2.05. The fourth-order valence-electron chi connectivity index (χ4n) is 0.793. The highest BCUT2D eigenvalue weighted by atomic mass is 16.6. The molecule has 0 aromatic rings. The number of rotatable bonds is 6. The van der Waals surface area contributed by atoms with E-state index in [-0.39, 0.29) is 18.1 Å². The van der Waals surface area contributed by atoms with E-state index >= 15 is 0 Å². The molecule has 0 aromatic carbocycles. The van der Waals surface area contributed by atoms with Crippen LogP contribution in [0.2, 0.25) is 0 Å². The molecule has 0 aliphatic carbocycles. The van der Waals surface area contributed by atoms with Crippen LogP contribution in [-0.4, -0.2) is 37.7 Å². The highest BCUT2D eigenvalue weighted by molar-refractivity contribution is 5.93. The van der Waals surface area contributed by atoms with E-state index < -0.39 is 24.5 Å². The summed E-state index contributed by atoms with van der Waals surface area (Å²) in [6, 6.07) is 0. The average molecular weight is 244 g/mol. The summed E-state index contributed by atoms with van der Waals surface area (Å²) in [5.41, 5.74) is -0.0198. The zero-order valence-corrected chi connectivity index (χ0v) is 10.1. The van der Waals surface area contributed by atoms with Gasteiger partial charge in [-0.1, -0.05) is 6.58 Å². The van der Waals surface area contributed by atoms with Crippen LogP contribution in [0.15, 0.2) is 12.2 Å². The third-order valence-electron chi connectivity index (χ3n) is 1.57. The number of ether oxygens (including phenoxy) is 3. The van der Waals surface area contributed by atoms with Crippen molar-refractivity contribution in [2.24, 2.45) is 0 Å². The smallest absolute Gasteiger partial charge is 0.344 e. The third-order valence-corrected chi connectivity index (χ3v) is 1.57. The molecule has 0 N–H and O–H groups in total. The molecule has 0 aliphatic heterocycles. The standard InChI is InChI=1S/C11H16O6/c1-7(2)17-11(14)8(3)5-9(12)16-6-10(13)15-4/h7H,3,5-6H2,1-2,4H3. The molecule has 17 heavy (non-hydrogen) atoms. The van der Waals surface area contributed by atoms with Crippen molar-refractivity contribution in [1.82, 2.24) is 0 Å². The van der Waals surface area contributed by atoms with Gasteiger partial charge >= 0.3 is 17.9 Å². The first-order valence-electron chi connectivity index (χ1n) is 4.98. The Kier molecular flexibility index (Phi) is 6.62. The van der Waals surface area contributed by atoms with Crippen molar-refractivity contribution in [2.75, 3.05) is 13.7 Å². The van der Waals surface area contributed by atoms with Gasteiger partial charge in [0.2, 0.25) is 0 Å². The molecule has 6 heteroatoms. The zero-order valence-electron chi connectivity index (χ0n) is 10.1. The van der Waals surface area contributed by atoms with Crippen molar-refractivity contribution in [3.63, 3.8) is 0 Å². The summed E-state index contributed by atoms with van der Waals surface area (Å²) in [6.07, 6.45) is -0.604. The van der Waals surface area contributed by atoms with Crippen molar-refractivity contribution >= 4 is 17.9 Å². The van der Waals surface area contributed by atoms with Gasteiger partial charge in [-0.2, -0.15) is 0 Å². The Labute approximate surface area is 99.5 Å². The topological polar surface area (TPSA) is 78.9 Å². The molecule has 0 aliphatic rings. The van der Waals surface area contributed by atoms with Crippen LogP contribution in [0.3, 0.4) is 0 Å².